The maximum absolute atomic E-state index is 13.5. The van der Waals surface area contributed by atoms with Gasteiger partial charge < -0.3 is 15.0 Å². The predicted octanol–water partition coefficient (Wildman–Crippen LogP) is 2.78. The van der Waals surface area contributed by atoms with Crippen LogP contribution in [0.2, 0.25) is 0 Å². The van der Waals surface area contributed by atoms with Crippen LogP contribution >= 0.6 is 11.3 Å². The van der Waals surface area contributed by atoms with Crippen LogP contribution in [0.5, 0.6) is 0 Å². The summed E-state index contributed by atoms with van der Waals surface area (Å²) in [4.78, 5) is 40.2. The van der Waals surface area contributed by atoms with Crippen molar-refractivity contribution >= 4 is 28.9 Å². The minimum Gasteiger partial charge on any atom is -0.368 e. The third kappa shape index (κ3) is 4.15. The molecule has 28 heavy (non-hydrogen) atoms. The number of carbonyl (C=O) groups excluding carboxylic acids is 3. The summed E-state index contributed by atoms with van der Waals surface area (Å²) in [5, 5.41) is 6.64. The van der Waals surface area contributed by atoms with Gasteiger partial charge in [0.15, 0.2) is 5.78 Å². The molecule has 3 atom stereocenters. The van der Waals surface area contributed by atoms with E-state index >= 15 is 0 Å². The number of nitrogens with one attached hydrogen (secondary N) is 1. The molecule has 0 bridgehead atoms. The lowest BCUT2D eigenvalue weighted by atomic mass is 9.84. The highest BCUT2D eigenvalue weighted by molar-refractivity contribution is 7.08. The average Bonchev–Trinajstić information content (AvgIpc) is 3.38. The third-order valence-electron chi connectivity index (χ3n) is 6.31. The molecule has 1 aromatic rings. The molecule has 3 aliphatic rings. The van der Waals surface area contributed by atoms with E-state index in [2.05, 4.69) is 5.32 Å². The lowest BCUT2D eigenvalue weighted by Gasteiger charge is -2.38. The number of ether oxygens (including phenoxy) is 1. The summed E-state index contributed by atoms with van der Waals surface area (Å²) >= 11 is 1.46. The van der Waals surface area contributed by atoms with E-state index in [1.165, 1.54) is 30.6 Å². The van der Waals surface area contributed by atoms with Gasteiger partial charge in [-0.25, -0.2) is 0 Å². The molecule has 0 radical (unpaired) electrons. The van der Waals surface area contributed by atoms with Gasteiger partial charge in [0.2, 0.25) is 5.91 Å². The molecule has 152 valence electrons. The fourth-order valence-electron chi connectivity index (χ4n) is 4.85. The second kappa shape index (κ2) is 8.74. The van der Waals surface area contributed by atoms with Crippen molar-refractivity contribution in [3.8, 4) is 0 Å². The number of carbonyl (C=O) groups is 3. The Hall–Kier alpha value is -1.73. The summed E-state index contributed by atoms with van der Waals surface area (Å²) in [5.41, 5.74) is 0.586. The second-order valence-electron chi connectivity index (χ2n) is 8.21. The van der Waals surface area contributed by atoms with Crippen LogP contribution < -0.4 is 5.32 Å². The van der Waals surface area contributed by atoms with Crippen molar-refractivity contribution in [2.45, 2.75) is 69.6 Å². The fourth-order valence-corrected chi connectivity index (χ4v) is 5.49. The second-order valence-corrected chi connectivity index (χ2v) is 8.99. The Morgan fingerprint density at radius 3 is 2.79 bits per heavy atom. The molecule has 4 rings (SSSR count). The van der Waals surface area contributed by atoms with Crippen LogP contribution in [0.15, 0.2) is 16.8 Å². The summed E-state index contributed by atoms with van der Waals surface area (Å²) in [7, 11) is 0. The lowest BCUT2D eigenvalue weighted by Crippen LogP contribution is -2.58. The first kappa shape index (κ1) is 19.6. The van der Waals surface area contributed by atoms with Gasteiger partial charge in [0.1, 0.15) is 18.7 Å². The van der Waals surface area contributed by atoms with Gasteiger partial charge in [0, 0.05) is 11.9 Å². The number of hydrogen-bond acceptors (Lipinski definition) is 5. The molecule has 3 unspecified atom stereocenters. The van der Waals surface area contributed by atoms with Crippen LogP contribution in [0.4, 0.5) is 0 Å². The van der Waals surface area contributed by atoms with Crippen molar-refractivity contribution in [3.05, 3.63) is 22.4 Å². The van der Waals surface area contributed by atoms with E-state index in [1.54, 1.807) is 16.3 Å². The topological polar surface area (TPSA) is 75.7 Å². The zero-order chi connectivity index (χ0) is 19.5. The molecule has 1 N–H and O–H groups in total. The van der Waals surface area contributed by atoms with Crippen molar-refractivity contribution in [2.24, 2.45) is 5.92 Å². The van der Waals surface area contributed by atoms with E-state index < -0.39 is 12.1 Å². The number of likely N-dealkylation sites (tertiary alicyclic amines) is 1. The van der Waals surface area contributed by atoms with E-state index in [0.29, 0.717) is 24.4 Å². The number of fused-ring (bicyclic) bond motifs is 1. The Morgan fingerprint density at radius 2 is 2.04 bits per heavy atom. The Bertz CT molecular complexity index is 714. The molecule has 0 aromatic carbocycles. The van der Waals surface area contributed by atoms with E-state index in [-0.39, 0.29) is 30.3 Å². The van der Waals surface area contributed by atoms with Gasteiger partial charge in [-0.15, -0.1) is 0 Å². The summed E-state index contributed by atoms with van der Waals surface area (Å²) in [6.45, 7) is 0.651. The number of hydrogen-bond donors (Lipinski definition) is 1. The van der Waals surface area contributed by atoms with Crippen LogP contribution in [0.3, 0.4) is 0 Å². The van der Waals surface area contributed by atoms with Gasteiger partial charge in [-0.3, -0.25) is 14.4 Å². The van der Waals surface area contributed by atoms with Gasteiger partial charge in [-0.1, -0.05) is 32.1 Å². The molecule has 2 amide bonds. The Morgan fingerprint density at radius 1 is 1.21 bits per heavy atom. The maximum Gasteiger partial charge on any atom is 0.252 e. The Kier molecular flexibility index (Phi) is 6.11. The summed E-state index contributed by atoms with van der Waals surface area (Å²) in [6, 6.07) is 0.712. The normalized spacial score (nSPS) is 26.7. The molecule has 6 nitrogen and oxygen atoms in total. The lowest BCUT2D eigenvalue weighted by molar-refractivity contribution is -0.142. The summed E-state index contributed by atoms with van der Waals surface area (Å²) in [5.74, 6) is 0.0980. The molecule has 1 saturated carbocycles. The largest absolute Gasteiger partial charge is 0.368 e. The van der Waals surface area contributed by atoms with Crippen LogP contribution in [0, 0.1) is 5.92 Å². The number of amides is 2. The van der Waals surface area contributed by atoms with Crippen LogP contribution in [-0.4, -0.2) is 53.8 Å². The van der Waals surface area contributed by atoms with Gasteiger partial charge in [-0.2, -0.15) is 11.3 Å². The van der Waals surface area contributed by atoms with Crippen molar-refractivity contribution in [3.63, 3.8) is 0 Å². The quantitative estimate of drug-likeness (QED) is 0.819. The zero-order valence-corrected chi connectivity index (χ0v) is 16.9. The molecule has 1 aromatic heterocycles. The third-order valence-corrected chi connectivity index (χ3v) is 6.99. The highest BCUT2D eigenvalue weighted by atomic mass is 32.1. The molecular formula is C21H28N2O4S. The van der Waals surface area contributed by atoms with Crippen molar-refractivity contribution in [1.29, 1.82) is 0 Å². The molecule has 1 aliphatic carbocycles. The molecule has 3 fully saturated rings. The van der Waals surface area contributed by atoms with E-state index in [1.807, 2.05) is 5.38 Å². The maximum atomic E-state index is 13.5. The number of thiophene rings is 1. The standard InChI is InChI=1S/C21H28N2O4S/c24-17-12-27-18-7-4-9-23(19(17)18)21(26)16(11-14-5-2-1-3-6-14)22-20(25)15-8-10-28-13-15/h8,10,13-14,16,18-19H,1-7,9,11-12H2,(H,22,25). The predicted molar refractivity (Wildman–Crippen MR) is 106 cm³/mol. The van der Waals surface area contributed by atoms with Gasteiger partial charge in [-0.05, 0) is 36.6 Å². The van der Waals surface area contributed by atoms with Crippen LogP contribution in [-0.2, 0) is 14.3 Å². The monoisotopic (exact) mass is 404 g/mol. The molecule has 2 saturated heterocycles. The Balaban J connectivity index is 1.51. The minimum absolute atomic E-state index is 0.0152. The first-order chi connectivity index (χ1) is 13.6. The SMILES string of the molecule is O=C(NC(CC1CCCCC1)C(=O)N1CCCC2OCC(=O)C21)c1ccsc1. The van der Waals surface area contributed by atoms with E-state index in [0.717, 1.165) is 25.7 Å². The van der Waals surface area contributed by atoms with Crippen molar-refractivity contribution < 1.29 is 19.1 Å². The molecule has 0 spiro atoms. The molecule has 7 heteroatoms. The number of Topliss-reactive ketones (excluding diaryl/α,β-unsaturated/α-hetero) is 1. The number of ketones is 1. The number of piperidine rings is 1. The van der Waals surface area contributed by atoms with E-state index in [9.17, 15) is 14.4 Å². The van der Waals surface area contributed by atoms with Crippen molar-refractivity contribution in [2.75, 3.05) is 13.2 Å². The van der Waals surface area contributed by atoms with Crippen LogP contribution in [0.25, 0.3) is 0 Å². The fraction of sp³-hybridized carbons (Fsp3) is 0.667. The molecular weight excluding hydrogens is 376 g/mol. The highest BCUT2D eigenvalue weighted by Gasteiger charge is 2.46. The zero-order valence-electron chi connectivity index (χ0n) is 16.1. The smallest absolute Gasteiger partial charge is 0.252 e. The first-order valence-corrected chi connectivity index (χ1v) is 11.4. The van der Waals surface area contributed by atoms with Gasteiger partial charge in [0.05, 0.1) is 11.7 Å². The van der Waals surface area contributed by atoms with E-state index in [4.69, 9.17) is 4.74 Å². The average molecular weight is 405 g/mol. The summed E-state index contributed by atoms with van der Waals surface area (Å²) in [6.07, 6.45) is 7.93. The molecule has 3 heterocycles. The van der Waals surface area contributed by atoms with Crippen LogP contribution in [0.1, 0.15) is 61.7 Å². The highest BCUT2D eigenvalue weighted by Crippen LogP contribution is 2.30. The molecule has 2 aliphatic heterocycles. The van der Waals surface area contributed by atoms with Gasteiger partial charge in [0.25, 0.3) is 5.91 Å². The van der Waals surface area contributed by atoms with Crippen molar-refractivity contribution in [1.82, 2.24) is 10.2 Å². The minimum atomic E-state index is -0.581. The Labute approximate surface area is 169 Å². The first-order valence-electron chi connectivity index (χ1n) is 10.4. The summed E-state index contributed by atoms with van der Waals surface area (Å²) < 4.78 is 5.59. The number of rotatable bonds is 5. The number of nitrogens with zero attached hydrogens (tertiary/aromatic N) is 1. The van der Waals surface area contributed by atoms with Gasteiger partial charge >= 0.3 is 0 Å².